The second kappa shape index (κ2) is 9.44. The third kappa shape index (κ3) is 4.62. The summed E-state index contributed by atoms with van der Waals surface area (Å²) in [4.78, 5) is 28.1. The highest BCUT2D eigenvalue weighted by atomic mass is 16.2. The average Bonchev–Trinajstić information content (AvgIpc) is 3.40. The smallest absolute Gasteiger partial charge is 0.227 e. The zero-order valence-corrected chi connectivity index (χ0v) is 18.1. The number of piperazine rings is 1. The van der Waals surface area contributed by atoms with Crippen LogP contribution in [0.3, 0.4) is 0 Å². The van der Waals surface area contributed by atoms with Crippen LogP contribution >= 0.6 is 0 Å². The van der Waals surface area contributed by atoms with E-state index in [-0.39, 0.29) is 11.8 Å². The number of piperidine rings is 1. The Morgan fingerprint density at radius 2 is 1.81 bits per heavy atom. The van der Waals surface area contributed by atoms with Crippen LogP contribution in [0.25, 0.3) is 5.82 Å². The summed E-state index contributed by atoms with van der Waals surface area (Å²) in [5.41, 5.74) is 1.22. The lowest BCUT2D eigenvalue weighted by molar-refractivity contribution is -0.137. The van der Waals surface area contributed by atoms with Gasteiger partial charge in [-0.3, -0.25) is 19.2 Å². The molecule has 3 aromatic rings. The van der Waals surface area contributed by atoms with E-state index in [4.69, 9.17) is 0 Å². The quantitative estimate of drug-likeness (QED) is 0.606. The number of anilines is 1. The van der Waals surface area contributed by atoms with Gasteiger partial charge in [-0.2, -0.15) is 0 Å². The van der Waals surface area contributed by atoms with Crippen molar-refractivity contribution in [1.29, 1.82) is 0 Å². The van der Waals surface area contributed by atoms with Crippen LogP contribution in [0.5, 0.6) is 0 Å². The number of amides is 1. The van der Waals surface area contributed by atoms with Gasteiger partial charge in [-0.05, 0) is 36.6 Å². The van der Waals surface area contributed by atoms with Crippen LogP contribution in [0.1, 0.15) is 18.4 Å². The molecule has 0 spiro atoms. The number of rotatable bonds is 5. The van der Waals surface area contributed by atoms with Crippen LogP contribution in [0.15, 0.2) is 55.4 Å². The van der Waals surface area contributed by atoms with E-state index in [1.807, 2.05) is 40.1 Å². The summed E-state index contributed by atoms with van der Waals surface area (Å²) < 4.78 is 1.83. The molecule has 0 saturated carbocycles. The molecule has 0 N–H and O–H groups in total. The van der Waals surface area contributed by atoms with Crippen molar-refractivity contribution in [3.63, 3.8) is 0 Å². The summed E-state index contributed by atoms with van der Waals surface area (Å²) in [6.45, 7) is 5.87. The molecule has 9 heteroatoms. The normalized spacial score (nSPS) is 19.8. The molecule has 2 aliphatic rings. The maximum absolute atomic E-state index is 13.2. The predicted octanol–water partition coefficient (Wildman–Crippen LogP) is 1.62. The molecule has 0 bridgehead atoms. The average molecular weight is 433 g/mol. The zero-order valence-electron chi connectivity index (χ0n) is 18.1. The third-order valence-electron chi connectivity index (χ3n) is 6.31. The molecular formula is C23H28N8O. The highest BCUT2D eigenvalue weighted by Crippen LogP contribution is 2.24. The molecule has 1 unspecified atom stereocenters. The number of aromatic nitrogens is 5. The van der Waals surface area contributed by atoms with Crippen LogP contribution in [0.2, 0.25) is 0 Å². The van der Waals surface area contributed by atoms with Crippen molar-refractivity contribution in [2.24, 2.45) is 5.92 Å². The van der Waals surface area contributed by atoms with Crippen molar-refractivity contribution in [1.82, 2.24) is 34.5 Å². The summed E-state index contributed by atoms with van der Waals surface area (Å²) in [7, 11) is 0. The van der Waals surface area contributed by atoms with E-state index in [0.29, 0.717) is 6.54 Å². The van der Waals surface area contributed by atoms with Gasteiger partial charge >= 0.3 is 0 Å². The summed E-state index contributed by atoms with van der Waals surface area (Å²) in [6.07, 6.45) is 10.9. The first-order valence-electron chi connectivity index (χ1n) is 11.2. The molecule has 0 aliphatic carbocycles. The second-order valence-corrected chi connectivity index (χ2v) is 8.47. The molecule has 0 radical (unpaired) electrons. The van der Waals surface area contributed by atoms with Crippen LogP contribution in [0, 0.1) is 5.92 Å². The van der Waals surface area contributed by atoms with Crippen LogP contribution in [0.4, 0.5) is 5.82 Å². The Bertz CT molecular complexity index is 1000. The predicted molar refractivity (Wildman–Crippen MR) is 120 cm³/mol. The molecule has 5 heterocycles. The lowest BCUT2D eigenvalue weighted by Crippen LogP contribution is -2.52. The molecule has 5 rings (SSSR count). The van der Waals surface area contributed by atoms with Crippen LogP contribution < -0.4 is 4.90 Å². The van der Waals surface area contributed by atoms with Gasteiger partial charge in [0.05, 0.1) is 5.92 Å². The number of carbonyl (C=O) groups excluding carboxylic acids is 1. The maximum Gasteiger partial charge on any atom is 0.227 e. The fraction of sp³-hybridized carbons (Fsp3) is 0.435. The van der Waals surface area contributed by atoms with E-state index < -0.39 is 0 Å². The van der Waals surface area contributed by atoms with E-state index in [9.17, 15) is 4.79 Å². The first-order valence-corrected chi connectivity index (χ1v) is 11.2. The molecule has 2 fully saturated rings. The van der Waals surface area contributed by atoms with Gasteiger partial charge in [-0.25, -0.2) is 4.98 Å². The minimum absolute atomic E-state index is 0.0174. The summed E-state index contributed by atoms with van der Waals surface area (Å²) in [5, 5.41) is 8.73. The molecule has 9 nitrogen and oxygen atoms in total. The first-order chi connectivity index (χ1) is 15.8. The summed E-state index contributed by atoms with van der Waals surface area (Å²) >= 11 is 0. The van der Waals surface area contributed by atoms with Gasteiger partial charge in [0.15, 0.2) is 11.6 Å². The zero-order chi connectivity index (χ0) is 21.8. The Morgan fingerprint density at radius 1 is 0.969 bits per heavy atom. The van der Waals surface area contributed by atoms with Crippen molar-refractivity contribution >= 4 is 11.7 Å². The standard InChI is InChI=1S/C23H28N8O/c32-23(29-13-11-28(12-14-29)16-19-3-1-7-24-15-19)20-4-2-9-30(17-20)21-5-6-22(27-26-21)31-10-8-25-18-31/h1,3,5-8,10,15,18,20H,2,4,9,11-14,16-17H2. The highest BCUT2D eigenvalue weighted by molar-refractivity contribution is 5.80. The summed E-state index contributed by atoms with van der Waals surface area (Å²) in [5.74, 6) is 1.86. The van der Waals surface area contributed by atoms with E-state index in [1.165, 1.54) is 5.56 Å². The van der Waals surface area contributed by atoms with Gasteiger partial charge in [-0.1, -0.05) is 6.07 Å². The van der Waals surface area contributed by atoms with Gasteiger partial charge in [-0.15, -0.1) is 10.2 Å². The molecular weight excluding hydrogens is 404 g/mol. The molecule has 1 atom stereocenters. The van der Waals surface area contributed by atoms with Gasteiger partial charge in [0, 0.05) is 70.6 Å². The lowest BCUT2D eigenvalue weighted by Gasteiger charge is -2.39. The minimum Gasteiger partial charge on any atom is -0.354 e. The fourth-order valence-electron chi connectivity index (χ4n) is 4.54. The number of carbonyl (C=O) groups is 1. The van der Waals surface area contributed by atoms with Crippen LogP contribution in [-0.2, 0) is 11.3 Å². The Hall–Kier alpha value is -3.33. The van der Waals surface area contributed by atoms with E-state index in [1.54, 1.807) is 18.7 Å². The van der Waals surface area contributed by atoms with Gasteiger partial charge < -0.3 is 9.80 Å². The Kier molecular flexibility index (Phi) is 6.06. The van der Waals surface area contributed by atoms with E-state index in [0.717, 1.165) is 63.7 Å². The Balaban J connectivity index is 1.15. The molecule has 3 aromatic heterocycles. The topological polar surface area (TPSA) is 83.3 Å². The monoisotopic (exact) mass is 432 g/mol. The fourth-order valence-corrected chi connectivity index (χ4v) is 4.54. The van der Waals surface area contributed by atoms with E-state index in [2.05, 4.69) is 36.0 Å². The second-order valence-electron chi connectivity index (χ2n) is 8.47. The first kappa shape index (κ1) is 20.6. The SMILES string of the molecule is O=C(C1CCCN(c2ccc(-n3ccnc3)nn2)C1)N1CCN(Cc2cccnc2)CC1. The Morgan fingerprint density at radius 3 is 2.53 bits per heavy atom. The van der Waals surface area contributed by atoms with Gasteiger partial charge in [0.25, 0.3) is 0 Å². The Labute approximate surface area is 187 Å². The molecule has 0 aromatic carbocycles. The van der Waals surface area contributed by atoms with Crippen molar-refractivity contribution < 1.29 is 4.79 Å². The van der Waals surface area contributed by atoms with Crippen molar-refractivity contribution in [2.45, 2.75) is 19.4 Å². The molecule has 2 saturated heterocycles. The highest BCUT2D eigenvalue weighted by Gasteiger charge is 2.31. The van der Waals surface area contributed by atoms with Crippen LogP contribution in [-0.4, -0.2) is 79.7 Å². The van der Waals surface area contributed by atoms with Gasteiger partial charge in [0.1, 0.15) is 6.33 Å². The molecule has 1 amide bonds. The van der Waals surface area contributed by atoms with Gasteiger partial charge in [0.2, 0.25) is 5.91 Å². The van der Waals surface area contributed by atoms with Crippen molar-refractivity contribution in [3.05, 3.63) is 60.9 Å². The summed E-state index contributed by atoms with van der Waals surface area (Å²) in [6, 6.07) is 7.99. The molecule has 2 aliphatic heterocycles. The van der Waals surface area contributed by atoms with Crippen molar-refractivity contribution in [3.8, 4) is 5.82 Å². The lowest BCUT2D eigenvalue weighted by atomic mass is 9.96. The minimum atomic E-state index is 0.0174. The number of pyridine rings is 1. The number of hydrogen-bond donors (Lipinski definition) is 0. The molecule has 166 valence electrons. The largest absolute Gasteiger partial charge is 0.354 e. The van der Waals surface area contributed by atoms with E-state index >= 15 is 0 Å². The number of nitrogens with zero attached hydrogens (tertiary/aromatic N) is 8. The van der Waals surface area contributed by atoms with Crippen molar-refractivity contribution in [2.75, 3.05) is 44.2 Å². The number of imidazole rings is 1. The molecule has 32 heavy (non-hydrogen) atoms. The number of hydrogen-bond acceptors (Lipinski definition) is 7. The third-order valence-corrected chi connectivity index (χ3v) is 6.31. The maximum atomic E-state index is 13.2.